The second kappa shape index (κ2) is 26.5. The topological polar surface area (TPSA) is 13.0 Å². The van der Waals surface area contributed by atoms with Crippen LogP contribution in [0.25, 0.3) is 0 Å². The SMILES string of the molecule is Cc1cc2c3c(c1)N(c1ccc(C(C)(C)C)cc1C)c1c(sc4c1C(C)(C)CCC4(C)C)B3c1cc3c(cc1N2c1ccc(C(C)(C)C)cc1C)C(C)(C)CCC3(C)CCC(C)(C)c1cc2c3c(c1)N(c1ccc(C(C)(C)C)cc1C)c1c(sc4c1C(C)(C)CCC4(C)C)B3c1cc3c(cc1N2c1ccc(C(C)(C)C)cc1)C(C)(C)CCC3(C)C. The third kappa shape index (κ3) is 12.7. The Morgan fingerprint density at radius 2 is 0.642 bits per heavy atom. The highest BCUT2D eigenvalue weighted by atomic mass is 32.1. The van der Waals surface area contributed by atoms with Crippen molar-refractivity contribution in [1.29, 1.82) is 0 Å². The van der Waals surface area contributed by atoms with Crippen LogP contribution in [0.1, 0.15) is 358 Å². The Morgan fingerprint density at radius 3 is 1.06 bits per heavy atom. The standard InChI is InChI=1S/C112H140B2N4S2/c1-65-54-86-92-87(55-65)117(82-42-37-71(57-67(82)3)102(11,12)13)94-90-96(110(29,30)48-46-108(90,25)26)119-98(94)114(92)80-62-78-77(64-85(80)116(86)81-41-36-70(56-66(81)2)101(8,9)10)107(23,24)51-53-112(78,33)52-50-104(17,18)73-59-88-93-89(60-73)118(83-43-38-72(58-68(83)4)103(14,15)16)95-91-97(111(31,32)49-47-109(91,27)28)120-99(95)113(93)79-61-75-76(106(21,22)45-44-105(75,19)20)63-84(79)115(88)74-39-34-69(35-40-74)100(5,6)7/h34-43,54-64H,44-53H2,1-33H3. The highest BCUT2D eigenvalue weighted by Crippen LogP contribution is 2.62. The zero-order valence-corrected chi connectivity index (χ0v) is 81.6. The fourth-order valence-corrected chi connectivity index (χ4v) is 26.8. The minimum Gasteiger partial charge on any atom is -0.311 e. The van der Waals surface area contributed by atoms with Crippen LogP contribution in [0.5, 0.6) is 0 Å². The fourth-order valence-electron chi connectivity index (χ4n) is 23.4. The van der Waals surface area contributed by atoms with Gasteiger partial charge >= 0.3 is 0 Å². The Hall–Kier alpha value is -7.51. The van der Waals surface area contributed by atoms with Gasteiger partial charge in [-0.1, -0.05) is 261 Å². The van der Waals surface area contributed by atoms with Crippen molar-refractivity contribution >= 4 is 136 Å². The first-order valence-corrected chi connectivity index (χ1v) is 47.8. The average molecular weight is 1630 g/mol. The third-order valence-electron chi connectivity index (χ3n) is 32.0. The summed E-state index contributed by atoms with van der Waals surface area (Å²) in [5.41, 5.74) is 42.7. The van der Waals surface area contributed by atoms with Gasteiger partial charge in [0.15, 0.2) is 0 Å². The predicted octanol–water partition coefficient (Wildman–Crippen LogP) is 28.5. The molecule has 0 saturated heterocycles. The second-order valence-electron chi connectivity index (χ2n) is 49.0. The molecule has 0 saturated carbocycles. The van der Waals surface area contributed by atoms with Crippen LogP contribution in [-0.4, -0.2) is 13.4 Å². The number of nitrogens with zero attached hydrogens (tertiary/aromatic N) is 4. The molecule has 4 aliphatic carbocycles. The number of aryl methyl sites for hydroxylation is 4. The lowest BCUT2D eigenvalue weighted by Crippen LogP contribution is -2.61. The van der Waals surface area contributed by atoms with E-state index in [2.05, 4.69) is 398 Å². The van der Waals surface area contributed by atoms with E-state index >= 15 is 0 Å². The van der Waals surface area contributed by atoms with E-state index in [1.165, 1.54) is 186 Å². The normalized spacial score (nSPS) is 20.4. The number of rotatable bonds is 8. The van der Waals surface area contributed by atoms with Crippen LogP contribution in [0.15, 0.2) is 127 Å². The molecule has 0 N–H and O–H groups in total. The van der Waals surface area contributed by atoms with Gasteiger partial charge in [0.2, 0.25) is 0 Å². The van der Waals surface area contributed by atoms with Gasteiger partial charge in [0.25, 0.3) is 13.4 Å². The van der Waals surface area contributed by atoms with Crippen LogP contribution >= 0.6 is 22.7 Å². The van der Waals surface area contributed by atoms with Gasteiger partial charge in [0.1, 0.15) is 0 Å². The first-order valence-electron chi connectivity index (χ1n) is 46.2. The van der Waals surface area contributed by atoms with Crippen molar-refractivity contribution in [2.24, 2.45) is 0 Å². The molecular formula is C112H140B2N4S2. The van der Waals surface area contributed by atoms with E-state index in [4.69, 9.17) is 0 Å². The van der Waals surface area contributed by atoms with E-state index in [-0.39, 0.29) is 83.8 Å². The van der Waals surface area contributed by atoms with Crippen molar-refractivity contribution in [3.8, 4) is 0 Å². The quantitative estimate of drug-likeness (QED) is 0.141. The molecule has 4 nitrogen and oxygen atoms in total. The largest absolute Gasteiger partial charge is 0.311 e. The summed E-state index contributed by atoms with van der Waals surface area (Å²) in [4.78, 5) is 14.4. The highest BCUT2D eigenvalue weighted by Gasteiger charge is 2.56. The summed E-state index contributed by atoms with van der Waals surface area (Å²) in [6.45, 7) is 82.0. The number of benzene rings is 8. The number of anilines is 12. The van der Waals surface area contributed by atoms with E-state index in [1.54, 1.807) is 26.4 Å². The average Bonchev–Trinajstić information content (AvgIpc) is 1.39. The summed E-state index contributed by atoms with van der Waals surface area (Å²) in [6, 6.07) is 54.2. The molecule has 6 heterocycles. The van der Waals surface area contributed by atoms with Gasteiger partial charge in [-0.05, 0) is 334 Å². The van der Waals surface area contributed by atoms with Crippen molar-refractivity contribution in [3.05, 3.63) is 221 Å². The molecule has 0 fully saturated rings. The Labute approximate surface area is 733 Å². The monoisotopic (exact) mass is 1630 g/mol. The maximum Gasteiger partial charge on any atom is 0.264 e. The van der Waals surface area contributed by atoms with Crippen molar-refractivity contribution < 1.29 is 0 Å². The first-order chi connectivity index (χ1) is 55.5. The third-order valence-corrected chi connectivity index (χ3v) is 35.2. The Balaban J connectivity index is 0.870. The smallest absolute Gasteiger partial charge is 0.264 e. The molecule has 0 spiro atoms. The van der Waals surface area contributed by atoms with Crippen molar-refractivity contribution in [2.75, 3.05) is 19.6 Å². The molecule has 10 aromatic rings. The molecule has 18 rings (SSSR count). The van der Waals surface area contributed by atoms with Crippen LogP contribution in [0.3, 0.4) is 0 Å². The molecule has 1 atom stereocenters. The summed E-state index contributed by atoms with van der Waals surface area (Å²) >= 11 is 4.35. The minimum atomic E-state index is -0.290. The lowest BCUT2D eigenvalue weighted by molar-refractivity contribution is 0.272. The lowest BCUT2D eigenvalue weighted by Gasteiger charge is -2.49. The summed E-state index contributed by atoms with van der Waals surface area (Å²) < 4.78 is 3.04. The molecule has 1 unspecified atom stereocenters. The molecule has 0 radical (unpaired) electrons. The van der Waals surface area contributed by atoms with Crippen LogP contribution in [0, 0.1) is 27.7 Å². The Bertz CT molecular complexity index is 5960. The fraction of sp³-hybridized carbons (Fsp3) is 0.500. The van der Waals surface area contributed by atoms with Gasteiger partial charge in [0, 0.05) is 76.2 Å². The van der Waals surface area contributed by atoms with Crippen LogP contribution in [-0.2, 0) is 70.4 Å². The molecule has 0 amide bonds. The van der Waals surface area contributed by atoms with Crippen LogP contribution in [0.4, 0.5) is 68.2 Å². The Morgan fingerprint density at radius 1 is 0.308 bits per heavy atom. The van der Waals surface area contributed by atoms with E-state index in [0.717, 1.165) is 44.9 Å². The van der Waals surface area contributed by atoms with E-state index < -0.39 is 0 Å². The first kappa shape index (κ1) is 83.4. The highest BCUT2D eigenvalue weighted by molar-refractivity contribution is 7.30. The zero-order chi connectivity index (χ0) is 86.5. The predicted molar refractivity (Wildman–Crippen MR) is 528 cm³/mol. The van der Waals surface area contributed by atoms with Crippen LogP contribution in [0.2, 0.25) is 0 Å². The van der Waals surface area contributed by atoms with E-state index in [0.29, 0.717) is 0 Å². The van der Waals surface area contributed by atoms with E-state index in [1.807, 2.05) is 0 Å². The van der Waals surface area contributed by atoms with Gasteiger partial charge in [0.05, 0.1) is 11.4 Å². The van der Waals surface area contributed by atoms with Crippen molar-refractivity contribution in [1.82, 2.24) is 0 Å². The maximum absolute atomic E-state index is 2.88. The van der Waals surface area contributed by atoms with E-state index in [9.17, 15) is 0 Å². The molecule has 8 heteroatoms. The molecular weight excluding hydrogens is 1490 g/mol. The maximum atomic E-state index is 2.88. The molecule has 2 aromatic heterocycles. The molecule has 120 heavy (non-hydrogen) atoms. The Kier molecular flexibility index (Phi) is 18.4. The summed E-state index contributed by atoms with van der Waals surface area (Å²) in [5, 5.41) is 0. The molecule has 4 aliphatic heterocycles. The van der Waals surface area contributed by atoms with Crippen LogP contribution < -0.4 is 51.0 Å². The molecule has 8 aliphatic rings. The van der Waals surface area contributed by atoms with Gasteiger partial charge in [-0.25, -0.2) is 0 Å². The number of fused-ring (bicyclic) bond motifs is 14. The summed E-state index contributed by atoms with van der Waals surface area (Å²) in [6.07, 6.45) is 11.2. The summed E-state index contributed by atoms with van der Waals surface area (Å²) in [7, 11) is 0. The number of thiophene rings is 2. The van der Waals surface area contributed by atoms with Gasteiger partial charge in [-0.2, -0.15) is 22.7 Å². The molecule has 626 valence electrons. The second-order valence-corrected chi connectivity index (χ2v) is 51.1. The zero-order valence-electron chi connectivity index (χ0n) is 80.0. The van der Waals surface area contributed by atoms with Gasteiger partial charge in [-0.15, -0.1) is 0 Å². The van der Waals surface area contributed by atoms with Gasteiger partial charge < -0.3 is 19.6 Å². The van der Waals surface area contributed by atoms with Crippen molar-refractivity contribution in [3.63, 3.8) is 0 Å². The minimum absolute atomic E-state index is 0.000905. The number of hydrogen-bond acceptors (Lipinski definition) is 6. The molecule has 8 aromatic carbocycles. The lowest BCUT2D eigenvalue weighted by atomic mass is 9.35. The summed E-state index contributed by atoms with van der Waals surface area (Å²) in [5.74, 6) is 0. The number of hydrogen-bond donors (Lipinski definition) is 0. The van der Waals surface area contributed by atoms with Gasteiger partial charge in [-0.3, -0.25) is 0 Å². The van der Waals surface area contributed by atoms with Crippen molar-refractivity contribution in [2.45, 2.75) is 363 Å². The molecule has 0 bridgehead atoms.